The van der Waals surface area contributed by atoms with Crippen LogP contribution in [-0.2, 0) is 24.3 Å². The van der Waals surface area contributed by atoms with E-state index in [0.717, 1.165) is 23.4 Å². The zero-order valence-corrected chi connectivity index (χ0v) is 14.9. The molecule has 0 aliphatic carbocycles. The van der Waals surface area contributed by atoms with Gasteiger partial charge in [-0.3, -0.25) is 4.79 Å². The molecule has 26 heavy (non-hydrogen) atoms. The van der Waals surface area contributed by atoms with Crippen LogP contribution in [0.2, 0.25) is 0 Å². The molecular formula is C21H23N3O2. The Bertz CT molecular complexity index is 827. The summed E-state index contributed by atoms with van der Waals surface area (Å²) in [6.45, 7) is 3.88. The van der Waals surface area contributed by atoms with Gasteiger partial charge in [0.25, 0.3) is 0 Å². The van der Waals surface area contributed by atoms with Crippen LogP contribution in [0.25, 0.3) is 0 Å². The van der Waals surface area contributed by atoms with Gasteiger partial charge in [0.15, 0.2) is 0 Å². The van der Waals surface area contributed by atoms with E-state index in [-0.39, 0.29) is 5.91 Å². The number of hydrogen-bond donors (Lipinski definition) is 1. The van der Waals surface area contributed by atoms with E-state index in [1.165, 1.54) is 5.56 Å². The van der Waals surface area contributed by atoms with Crippen LogP contribution in [0.5, 0.6) is 5.75 Å². The first-order chi connectivity index (χ1) is 12.7. The summed E-state index contributed by atoms with van der Waals surface area (Å²) in [5.74, 6) is 0.834. The van der Waals surface area contributed by atoms with Crippen molar-refractivity contribution in [3.8, 4) is 5.75 Å². The van der Waals surface area contributed by atoms with E-state index in [1.54, 1.807) is 12.5 Å². The number of carbonyl (C=O) groups excluding carboxylic acids is 1. The van der Waals surface area contributed by atoms with Gasteiger partial charge in [-0.15, -0.1) is 0 Å². The summed E-state index contributed by atoms with van der Waals surface area (Å²) in [4.78, 5) is 16.2. The Morgan fingerprint density at radius 3 is 2.65 bits per heavy atom. The van der Waals surface area contributed by atoms with E-state index < -0.39 is 0 Å². The van der Waals surface area contributed by atoms with E-state index >= 15 is 0 Å². The molecule has 134 valence electrons. The highest BCUT2D eigenvalue weighted by atomic mass is 16.5. The standard InChI is InChI=1S/C21H23N3O2/c1-2-26-20-8-6-17(7-9-20)13-21(25)23-14-18-4-3-5-19(12-18)15-24-11-10-22-16-24/h3-12,16H,2,13-15H2,1H3,(H,23,25). The van der Waals surface area contributed by atoms with Crippen molar-refractivity contribution in [3.05, 3.63) is 83.9 Å². The molecule has 0 unspecified atom stereocenters. The minimum absolute atomic E-state index is 0.00849. The van der Waals surface area contributed by atoms with Gasteiger partial charge in [-0.05, 0) is 35.7 Å². The van der Waals surface area contributed by atoms with Crippen molar-refractivity contribution in [1.29, 1.82) is 0 Å². The summed E-state index contributed by atoms with van der Waals surface area (Å²) in [5.41, 5.74) is 3.24. The molecule has 0 aliphatic rings. The summed E-state index contributed by atoms with van der Waals surface area (Å²) in [7, 11) is 0. The van der Waals surface area contributed by atoms with E-state index in [9.17, 15) is 4.79 Å². The molecule has 3 aromatic rings. The average Bonchev–Trinajstić information content (AvgIpc) is 3.15. The molecule has 5 heteroatoms. The van der Waals surface area contributed by atoms with E-state index in [4.69, 9.17) is 4.74 Å². The number of ether oxygens (including phenoxy) is 1. The molecule has 0 spiro atoms. The zero-order chi connectivity index (χ0) is 18.2. The van der Waals surface area contributed by atoms with Crippen molar-refractivity contribution >= 4 is 5.91 Å². The minimum Gasteiger partial charge on any atom is -0.494 e. The van der Waals surface area contributed by atoms with E-state index in [1.807, 2.05) is 54.1 Å². The number of rotatable bonds is 8. The molecule has 0 bridgehead atoms. The minimum atomic E-state index is 0.00849. The molecular weight excluding hydrogens is 326 g/mol. The predicted molar refractivity (Wildman–Crippen MR) is 101 cm³/mol. The molecule has 0 atom stereocenters. The average molecular weight is 349 g/mol. The SMILES string of the molecule is CCOc1ccc(CC(=O)NCc2cccc(Cn3ccnc3)c2)cc1. The number of imidazole rings is 1. The molecule has 0 aliphatic heterocycles. The van der Waals surface area contributed by atoms with Gasteiger partial charge >= 0.3 is 0 Å². The van der Waals surface area contributed by atoms with Crippen molar-refractivity contribution in [3.63, 3.8) is 0 Å². The second kappa shape index (κ2) is 8.85. The third-order valence-electron chi connectivity index (χ3n) is 4.00. The molecule has 2 aromatic carbocycles. The Balaban J connectivity index is 1.51. The number of hydrogen-bond acceptors (Lipinski definition) is 3. The first-order valence-electron chi connectivity index (χ1n) is 8.75. The van der Waals surface area contributed by atoms with Gasteiger partial charge in [-0.25, -0.2) is 4.98 Å². The third kappa shape index (κ3) is 5.21. The van der Waals surface area contributed by atoms with Crippen molar-refractivity contribution in [1.82, 2.24) is 14.9 Å². The van der Waals surface area contributed by atoms with E-state index in [2.05, 4.69) is 22.4 Å². The van der Waals surface area contributed by atoms with E-state index in [0.29, 0.717) is 19.6 Å². The quantitative estimate of drug-likeness (QED) is 0.679. The molecule has 5 nitrogen and oxygen atoms in total. The summed E-state index contributed by atoms with van der Waals surface area (Å²) < 4.78 is 7.43. The summed E-state index contributed by atoms with van der Waals surface area (Å²) in [6, 6.07) is 15.9. The smallest absolute Gasteiger partial charge is 0.224 e. The van der Waals surface area contributed by atoms with Crippen LogP contribution in [0.1, 0.15) is 23.6 Å². The molecule has 1 heterocycles. The van der Waals surface area contributed by atoms with Crippen LogP contribution in [-0.4, -0.2) is 22.1 Å². The third-order valence-corrected chi connectivity index (χ3v) is 4.00. The first kappa shape index (κ1) is 17.7. The Hall–Kier alpha value is -3.08. The predicted octanol–water partition coefficient (Wildman–Crippen LogP) is 3.19. The number of benzene rings is 2. The Labute approximate surface area is 153 Å². The topological polar surface area (TPSA) is 56.1 Å². The number of amides is 1. The maximum atomic E-state index is 12.2. The lowest BCUT2D eigenvalue weighted by atomic mass is 10.1. The molecule has 1 aromatic heterocycles. The Kier molecular flexibility index (Phi) is 6.04. The highest BCUT2D eigenvalue weighted by molar-refractivity contribution is 5.78. The Morgan fingerprint density at radius 2 is 1.92 bits per heavy atom. The Morgan fingerprint density at radius 1 is 1.12 bits per heavy atom. The van der Waals surface area contributed by atoms with Crippen molar-refractivity contribution in [2.75, 3.05) is 6.61 Å². The van der Waals surface area contributed by atoms with Gasteiger partial charge < -0.3 is 14.6 Å². The summed E-state index contributed by atoms with van der Waals surface area (Å²) in [6.07, 6.45) is 5.86. The monoisotopic (exact) mass is 349 g/mol. The van der Waals surface area contributed by atoms with Crippen LogP contribution in [0.3, 0.4) is 0 Å². The summed E-state index contributed by atoms with van der Waals surface area (Å²) in [5, 5.41) is 2.98. The van der Waals surface area contributed by atoms with Crippen LogP contribution in [0.15, 0.2) is 67.3 Å². The summed E-state index contributed by atoms with van der Waals surface area (Å²) >= 11 is 0. The molecule has 0 saturated carbocycles. The molecule has 3 rings (SSSR count). The first-order valence-corrected chi connectivity index (χ1v) is 8.75. The van der Waals surface area contributed by atoms with Crippen LogP contribution < -0.4 is 10.1 Å². The number of aromatic nitrogens is 2. The van der Waals surface area contributed by atoms with Crippen LogP contribution >= 0.6 is 0 Å². The van der Waals surface area contributed by atoms with Crippen LogP contribution in [0.4, 0.5) is 0 Å². The van der Waals surface area contributed by atoms with Gasteiger partial charge in [0.1, 0.15) is 5.75 Å². The molecule has 0 radical (unpaired) electrons. The van der Waals surface area contributed by atoms with Crippen molar-refractivity contribution in [2.45, 2.75) is 26.4 Å². The number of carbonyl (C=O) groups is 1. The fourth-order valence-electron chi connectivity index (χ4n) is 2.75. The lowest BCUT2D eigenvalue weighted by Crippen LogP contribution is -2.24. The number of nitrogens with zero attached hydrogens (tertiary/aromatic N) is 2. The van der Waals surface area contributed by atoms with Crippen LogP contribution in [0, 0.1) is 0 Å². The molecule has 1 amide bonds. The van der Waals surface area contributed by atoms with Gasteiger partial charge in [0, 0.05) is 25.5 Å². The maximum Gasteiger partial charge on any atom is 0.224 e. The van der Waals surface area contributed by atoms with Crippen molar-refractivity contribution in [2.24, 2.45) is 0 Å². The molecule has 0 saturated heterocycles. The lowest BCUT2D eigenvalue weighted by molar-refractivity contribution is -0.120. The lowest BCUT2D eigenvalue weighted by Gasteiger charge is -2.09. The highest BCUT2D eigenvalue weighted by Crippen LogP contribution is 2.12. The largest absolute Gasteiger partial charge is 0.494 e. The zero-order valence-electron chi connectivity index (χ0n) is 14.9. The maximum absolute atomic E-state index is 12.2. The molecule has 0 fully saturated rings. The highest BCUT2D eigenvalue weighted by Gasteiger charge is 2.05. The normalized spacial score (nSPS) is 10.5. The fourth-order valence-corrected chi connectivity index (χ4v) is 2.75. The van der Waals surface area contributed by atoms with Gasteiger partial charge in [0.05, 0.1) is 19.4 Å². The number of nitrogens with one attached hydrogen (secondary N) is 1. The van der Waals surface area contributed by atoms with Gasteiger partial charge in [-0.1, -0.05) is 36.4 Å². The fraction of sp³-hybridized carbons (Fsp3) is 0.238. The second-order valence-corrected chi connectivity index (χ2v) is 6.09. The second-order valence-electron chi connectivity index (χ2n) is 6.09. The van der Waals surface area contributed by atoms with Gasteiger partial charge in [-0.2, -0.15) is 0 Å². The van der Waals surface area contributed by atoms with Crippen molar-refractivity contribution < 1.29 is 9.53 Å². The van der Waals surface area contributed by atoms with Gasteiger partial charge in [0.2, 0.25) is 5.91 Å². The molecule has 1 N–H and O–H groups in total.